The molecule has 2 aromatic carbocycles. The van der Waals surface area contributed by atoms with Crippen molar-refractivity contribution in [3.05, 3.63) is 63.2 Å². The number of ether oxygens (including phenoxy) is 2. The molecule has 1 aliphatic carbocycles. The molecule has 11 heteroatoms. The second-order valence-electron chi connectivity index (χ2n) is 6.05. The number of ketones is 1. The van der Waals surface area contributed by atoms with Crippen LogP contribution < -0.4 is 15.2 Å². The summed E-state index contributed by atoms with van der Waals surface area (Å²) in [6.45, 7) is 0. The molecule has 2 atom stereocenters. The SMILES string of the molecule is NC12C(=O)c3cccc([N+](=O)[O-])c3C1(O)Oc1cc(OC(F)(F)F)ccc12. The number of carbonyl (C=O) groups excluding carboxylic acids is 1. The van der Waals surface area contributed by atoms with Gasteiger partial charge >= 0.3 is 6.36 Å². The van der Waals surface area contributed by atoms with E-state index in [1.165, 1.54) is 12.1 Å². The van der Waals surface area contributed by atoms with Gasteiger partial charge < -0.3 is 20.3 Å². The lowest BCUT2D eigenvalue weighted by atomic mass is 9.84. The number of Topliss-reactive ketones (excluding diaryl/α,β-unsaturated/α-hetero) is 1. The third-order valence-electron chi connectivity index (χ3n) is 4.58. The van der Waals surface area contributed by atoms with Gasteiger partial charge in [-0.3, -0.25) is 14.9 Å². The Hall–Kier alpha value is -3.18. The molecule has 0 fully saturated rings. The number of nitrogens with zero attached hydrogens (tertiary/aromatic N) is 1. The number of nitro benzene ring substituents is 1. The van der Waals surface area contributed by atoms with E-state index in [0.29, 0.717) is 0 Å². The molecule has 0 saturated heterocycles. The molecule has 3 N–H and O–H groups in total. The van der Waals surface area contributed by atoms with Gasteiger partial charge in [-0.1, -0.05) is 12.1 Å². The predicted octanol–water partition coefficient (Wildman–Crippen LogP) is 2.08. The third-order valence-corrected chi connectivity index (χ3v) is 4.58. The van der Waals surface area contributed by atoms with Crippen molar-refractivity contribution in [3.63, 3.8) is 0 Å². The Bertz CT molecular complexity index is 1020. The van der Waals surface area contributed by atoms with Crippen molar-refractivity contribution in [2.45, 2.75) is 17.7 Å². The van der Waals surface area contributed by atoms with Crippen LogP contribution in [0.25, 0.3) is 0 Å². The second kappa shape index (κ2) is 4.96. The summed E-state index contributed by atoms with van der Waals surface area (Å²) in [6.07, 6.45) is -4.97. The molecule has 0 radical (unpaired) electrons. The largest absolute Gasteiger partial charge is 0.573 e. The van der Waals surface area contributed by atoms with Crippen LogP contribution in [0, 0.1) is 10.1 Å². The maximum Gasteiger partial charge on any atom is 0.573 e. The summed E-state index contributed by atoms with van der Waals surface area (Å²) in [4.78, 5) is 23.4. The summed E-state index contributed by atoms with van der Waals surface area (Å²) >= 11 is 0. The fourth-order valence-electron chi connectivity index (χ4n) is 3.51. The van der Waals surface area contributed by atoms with Crippen LogP contribution in [0.3, 0.4) is 0 Å². The monoisotopic (exact) mass is 382 g/mol. The first-order valence-corrected chi connectivity index (χ1v) is 7.42. The Morgan fingerprint density at radius 3 is 2.59 bits per heavy atom. The molecular formula is C16H9F3N2O6. The number of nitro groups is 1. The average Bonchev–Trinajstić information content (AvgIpc) is 2.89. The van der Waals surface area contributed by atoms with Gasteiger partial charge in [0.25, 0.3) is 11.5 Å². The number of hydrogen-bond acceptors (Lipinski definition) is 7. The van der Waals surface area contributed by atoms with Gasteiger partial charge in [-0.25, -0.2) is 0 Å². The van der Waals surface area contributed by atoms with E-state index in [1.54, 1.807) is 0 Å². The molecular weight excluding hydrogens is 373 g/mol. The third kappa shape index (κ3) is 2.09. The van der Waals surface area contributed by atoms with E-state index in [0.717, 1.165) is 24.3 Å². The van der Waals surface area contributed by atoms with Crippen LogP contribution in [0.1, 0.15) is 21.5 Å². The van der Waals surface area contributed by atoms with Crippen LogP contribution in [0.5, 0.6) is 11.5 Å². The topological polar surface area (TPSA) is 125 Å². The number of aliphatic hydroxyl groups is 1. The van der Waals surface area contributed by atoms with E-state index in [2.05, 4.69) is 4.74 Å². The number of fused-ring (bicyclic) bond motifs is 5. The number of rotatable bonds is 2. The van der Waals surface area contributed by atoms with E-state index < -0.39 is 45.4 Å². The summed E-state index contributed by atoms with van der Waals surface area (Å²) in [5.74, 6) is -4.52. The van der Waals surface area contributed by atoms with Gasteiger partial charge in [-0.2, -0.15) is 0 Å². The quantitative estimate of drug-likeness (QED) is 0.602. The van der Waals surface area contributed by atoms with E-state index in [4.69, 9.17) is 10.5 Å². The summed E-state index contributed by atoms with van der Waals surface area (Å²) in [5.41, 5.74) is 2.52. The number of hydrogen-bond donors (Lipinski definition) is 2. The average molecular weight is 382 g/mol. The molecule has 2 aliphatic rings. The Morgan fingerprint density at radius 1 is 1.26 bits per heavy atom. The van der Waals surface area contributed by atoms with Gasteiger partial charge in [0, 0.05) is 23.3 Å². The van der Waals surface area contributed by atoms with E-state index in [9.17, 15) is 33.2 Å². The van der Waals surface area contributed by atoms with Gasteiger partial charge in [0.1, 0.15) is 17.1 Å². The van der Waals surface area contributed by atoms with E-state index in [1.807, 2.05) is 0 Å². The maximum atomic E-state index is 12.9. The molecule has 1 aliphatic heterocycles. The number of carbonyl (C=O) groups is 1. The molecule has 0 spiro atoms. The zero-order valence-corrected chi connectivity index (χ0v) is 13.1. The second-order valence-corrected chi connectivity index (χ2v) is 6.05. The van der Waals surface area contributed by atoms with Crippen molar-refractivity contribution in [1.29, 1.82) is 0 Å². The van der Waals surface area contributed by atoms with Crippen molar-refractivity contribution in [3.8, 4) is 11.5 Å². The Labute approximate surface area is 148 Å². The van der Waals surface area contributed by atoms with Crippen LogP contribution in [0.15, 0.2) is 36.4 Å². The molecule has 0 aromatic heterocycles. The van der Waals surface area contributed by atoms with Gasteiger partial charge in [0.05, 0.1) is 4.92 Å². The highest BCUT2D eigenvalue weighted by Gasteiger charge is 2.71. The Morgan fingerprint density at radius 2 is 1.96 bits per heavy atom. The van der Waals surface area contributed by atoms with Crippen LogP contribution in [-0.2, 0) is 11.3 Å². The minimum atomic E-state index is -4.97. The highest BCUT2D eigenvalue weighted by molar-refractivity contribution is 6.11. The fraction of sp³-hybridized carbons (Fsp3) is 0.188. The lowest BCUT2D eigenvalue weighted by Crippen LogP contribution is -2.55. The van der Waals surface area contributed by atoms with Gasteiger partial charge in [0.2, 0.25) is 0 Å². The van der Waals surface area contributed by atoms with Gasteiger partial charge in [0.15, 0.2) is 11.3 Å². The number of halogens is 3. The fourth-order valence-corrected chi connectivity index (χ4v) is 3.51. The molecule has 27 heavy (non-hydrogen) atoms. The van der Waals surface area contributed by atoms with Crippen LogP contribution >= 0.6 is 0 Å². The number of benzene rings is 2. The highest BCUT2D eigenvalue weighted by atomic mass is 19.4. The molecule has 2 unspecified atom stereocenters. The summed E-state index contributed by atoms with van der Waals surface area (Å²) < 4.78 is 46.3. The highest BCUT2D eigenvalue weighted by Crippen LogP contribution is 2.59. The van der Waals surface area contributed by atoms with Crippen molar-refractivity contribution in [1.82, 2.24) is 0 Å². The molecule has 1 heterocycles. The zero-order valence-electron chi connectivity index (χ0n) is 13.1. The van der Waals surface area contributed by atoms with E-state index in [-0.39, 0.29) is 16.9 Å². The van der Waals surface area contributed by atoms with Crippen LogP contribution in [0.4, 0.5) is 18.9 Å². The minimum Gasteiger partial charge on any atom is -0.454 e. The molecule has 2 aromatic rings. The van der Waals surface area contributed by atoms with Crippen molar-refractivity contribution in [2.75, 3.05) is 0 Å². The Kier molecular flexibility index (Phi) is 3.17. The van der Waals surface area contributed by atoms with Crippen molar-refractivity contribution in [2.24, 2.45) is 5.73 Å². The normalized spacial score (nSPS) is 25.4. The van der Waals surface area contributed by atoms with Crippen molar-refractivity contribution < 1.29 is 37.5 Å². The lowest BCUT2D eigenvalue weighted by Gasteiger charge is -2.29. The maximum absolute atomic E-state index is 12.9. The summed E-state index contributed by atoms with van der Waals surface area (Å²) in [7, 11) is 0. The minimum absolute atomic E-state index is 0.116. The molecule has 8 nitrogen and oxygen atoms in total. The predicted molar refractivity (Wildman–Crippen MR) is 80.9 cm³/mol. The van der Waals surface area contributed by atoms with Gasteiger partial charge in [-0.15, -0.1) is 13.2 Å². The molecule has 0 bridgehead atoms. The molecule has 4 rings (SSSR count). The van der Waals surface area contributed by atoms with Gasteiger partial charge in [-0.05, 0) is 12.1 Å². The van der Waals surface area contributed by atoms with Crippen molar-refractivity contribution >= 4 is 11.5 Å². The Balaban J connectivity index is 1.91. The summed E-state index contributed by atoms with van der Waals surface area (Å²) in [6, 6.07) is 6.31. The first kappa shape index (κ1) is 17.2. The van der Waals surface area contributed by atoms with Crippen LogP contribution in [-0.4, -0.2) is 22.2 Å². The first-order valence-electron chi connectivity index (χ1n) is 7.42. The molecule has 0 saturated carbocycles. The van der Waals surface area contributed by atoms with Crippen LogP contribution in [0.2, 0.25) is 0 Å². The number of alkyl halides is 3. The first-order chi connectivity index (χ1) is 12.5. The molecule has 140 valence electrons. The molecule has 0 amide bonds. The lowest BCUT2D eigenvalue weighted by molar-refractivity contribution is -0.388. The number of nitrogens with two attached hydrogens (primary N) is 1. The summed E-state index contributed by atoms with van der Waals surface area (Å²) in [5, 5.41) is 22.4. The zero-order chi connectivity index (χ0) is 19.8. The smallest absolute Gasteiger partial charge is 0.454 e. The van der Waals surface area contributed by atoms with E-state index >= 15 is 0 Å². The standard InChI is InChI=1S/C16H9F3N2O6/c17-16(18,19)26-7-4-5-9-11(6-7)27-15(23)12-8(13(22)14(9,15)20)2-1-3-10(12)21(24)25/h1-6,23H,20H2.